The van der Waals surface area contributed by atoms with Crippen molar-refractivity contribution in [1.82, 2.24) is 4.90 Å². The summed E-state index contributed by atoms with van der Waals surface area (Å²) in [6.07, 6.45) is 2.33. The van der Waals surface area contributed by atoms with E-state index in [1.807, 2.05) is 0 Å². The lowest BCUT2D eigenvalue weighted by atomic mass is 10.00. The van der Waals surface area contributed by atoms with Gasteiger partial charge in [0.25, 0.3) is 0 Å². The van der Waals surface area contributed by atoms with Crippen LogP contribution in [-0.2, 0) is 19.4 Å². The second kappa shape index (κ2) is 4.94. The van der Waals surface area contributed by atoms with Gasteiger partial charge in [0.15, 0.2) is 9.84 Å². The van der Waals surface area contributed by atoms with Gasteiger partial charge in [0.1, 0.15) is 0 Å². The van der Waals surface area contributed by atoms with Gasteiger partial charge in [-0.1, -0.05) is 0 Å². The smallest absolute Gasteiger partial charge is 0.228 e. The molecule has 2 atom stereocenters. The minimum atomic E-state index is -2.93. The summed E-state index contributed by atoms with van der Waals surface area (Å²) in [4.78, 5) is 13.8. The Balaban J connectivity index is 1.95. The van der Waals surface area contributed by atoms with Crippen molar-refractivity contribution >= 4 is 15.7 Å². The molecule has 0 saturated carbocycles. The van der Waals surface area contributed by atoms with Crippen molar-refractivity contribution in [2.45, 2.75) is 25.3 Å². The van der Waals surface area contributed by atoms with Crippen molar-refractivity contribution in [2.75, 3.05) is 31.8 Å². The van der Waals surface area contributed by atoms with Crippen LogP contribution in [0.1, 0.15) is 19.3 Å². The quantitative estimate of drug-likeness (QED) is 0.705. The van der Waals surface area contributed by atoms with E-state index in [0.717, 1.165) is 19.4 Å². The molecule has 6 heteroatoms. The Morgan fingerprint density at radius 2 is 2.12 bits per heavy atom. The fourth-order valence-corrected chi connectivity index (χ4v) is 4.26. The highest BCUT2D eigenvalue weighted by atomic mass is 32.2. The fraction of sp³-hybridized carbons (Fsp3) is 0.909. The Hall–Kier alpha value is -0.620. The first-order chi connectivity index (χ1) is 7.99. The van der Waals surface area contributed by atoms with Crippen LogP contribution >= 0.6 is 0 Å². The molecule has 17 heavy (non-hydrogen) atoms. The van der Waals surface area contributed by atoms with Gasteiger partial charge in [-0.2, -0.15) is 0 Å². The van der Waals surface area contributed by atoms with Crippen molar-refractivity contribution in [1.29, 1.82) is 0 Å². The van der Waals surface area contributed by atoms with E-state index in [0.29, 0.717) is 13.0 Å². The van der Waals surface area contributed by atoms with E-state index in [1.165, 1.54) is 0 Å². The number of hydrogen-bond donors (Lipinski definition) is 0. The molecule has 2 aliphatic heterocycles. The Labute approximate surface area is 102 Å². The van der Waals surface area contributed by atoms with Crippen LogP contribution in [0.5, 0.6) is 0 Å². The molecular formula is C11H19NO4S. The molecule has 98 valence electrons. The van der Waals surface area contributed by atoms with Gasteiger partial charge < -0.3 is 9.64 Å². The standard InChI is InChI=1S/C11H19NO4S/c1-12(10-4-6-17(14,15)8-10)11(13)9-3-2-5-16-7-9/h9-10H,2-8H2,1H3. The number of carbonyl (C=O) groups is 1. The van der Waals surface area contributed by atoms with Crippen LogP contribution in [0.25, 0.3) is 0 Å². The van der Waals surface area contributed by atoms with Gasteiger partial charge in [-0.15, -0.1) is 0 Å². The SMILES string of the molecule is CN(C(=O)C1CCCOC1)C1CCS(=O)(=O)C1. The molecule has 0 radical (unpaired) electrons. The van der Waals surface area contributed by atoms with Crippen molar-refractivity contribution in [3.8, 4) is 0 Å². The normalized spacial score (nSPS) is 32.3. The average molecular weight is 261 g/mol. The molecule has 0 aromatic carbocycles. The molecule has 0 aliphatic carbocycles. The molecule has 2 saturated heterocycles. The van der Waals surface area contributed by atoms with E-state index in [-0.39, 0.29) is 29.4 Å². The molecule has 2 fully saturated rings. The first-order valence-electron chi connectivity index (χ1n) is 6.04. The van der Waals surface area contributed by atoms with E-state index in [9.17, 15) is 13.2 Å². The number of sulfone groups is 1. The van der Waals surface area contributed by atoms with E-state index in [4.69, 9.17) is 4.74 Å². The first-order valence-corrected chi connectivity index (χ1v) is 7.86. The Morgan fingerprint density at radius 3 is 2.65 bits per heavy atom. The van der Waals surface area contributed by atoms with Gasteiger partial charge in [0.2, 0.25) is 5.91 Å². The summed E-state index contributed by atoms with van der Waals surface area (Å²) in [5.41, 5.74) is 0. The Morgan fingerprint density at radius 1 is 1.35 bits per heavy atom. The maximum atomic E-state index is 12.1. The molecule has 0 bridgehead atoms. The molecule has 0 aromatic rings. The minimum absolute atomic E-state index is 0.0341. The van der Waals surface area contributed by atoms with Gasteiger partial charge in [-0.05, 0) is 19.3 Å². The highest BCUT2D eigenvalue weighted by Crippen LogP contribution is 2.21. The summed E-state index contributed by atoms with van der Waals surface area (Å²) in [7, 11) is -1.22. The second-order valence-electron chi connectivity index (χ2n) is 4.92. The lowest BCUT2D eigenvalue weighted by Crippen LogP contribution is -2.43. The third-order valence-corrected chi connectivity index (χ3v) is 5.36. The zero-order valence-electron chi connectivity index (χ0n) is 10.1. The number of rotatable bonds is 2. The predicted molar refractivity (Wildman–Crippen MR) is 63.4 cm³/mol. The number of ether oxygens (including phenoxy) is 1. The zero-order chi connectivity index (χ0) is 12.5. The van der Waals surface area contributed by atoms with Crippen LogP contribution in [0.4, 0.5) is 0 Å². The lowest BCUT2D eigenvalue weighted by Gasteiger charge is -2.29. The maximum absolute atomic E-state index is 12.1. The largest absolute Gasteiger partial charge is 0.381 e. The van der Waals surface area contributed by atoms with E-state index >= 15 is 0 Å². The number of hydrogen-bond acceptors (Lipinski definition) is 4. The van der Waals surface area contributed by atoms with Crippen LogP contribution in [0.3, 0.4) is 0 Å². The minimum Gasteiger partial charge on any atom is -0.381 e. The predicted octanol–water partition coefficient (Wildman–Crippen LogP) is 0.0585. The van der Waals surface area contributed by atoms with Crippen LogP contribution in [0.2, 0.25) is 0 Å². The molecule has 0 N–H and O–H groups in total. The third-order valence-electron chi connectivity index (χ3n) is 3.61. The van der Waals surface area contributed by atoms with Gasteiger partial charge in [0, 0.05) is 19.7 Å². The first kappa shape index (κ1) is 12.8. The van der Waals surface area contributed by atoms with Crippen molar-refractivity contribution in [2.24, 2.45) is 5.92 Å². The molecule has 0 spiro atoms. The monoisotopic (exact) mass is 261 g/mol. The molecular weight excluding hydrogens is 242 g/mol. The molecule has 0 aromatic heterocycles. The summed E-state index contributed by atoms with van der Waals surface area (Å²) in [5, 5.41) is 0. The highest BCUT2D eigenvalue weighted by Gasteiger charge is 2.35. The Kier molecular flexibility index (Phi) is 3.73. The number of nitrogens with zero attached hydrogens (tertiary/aromatic N) is 1. The number of amides is 1. The molecule has 2 rings (SSSR count). The third kappa shape index (κ3) is 2.98. The van der Waals surface area contributed by atoms with E-state index < -0.39 is 9.84 Å². The molecule has 2 unspecified atom stereocenters. The molecule has 5 nitrogen and oxygen atoms in total. The van der Waals surface area contributed by atoms with Crippen molar-refractivity contribution in [3.05, 3.63) is 0 Å². The summed E-state index contributed by atoms with van der Waals surface area (Å²) >= 11 is 0. The van der Waals surface area contributed by atoms with Gasteiger partial charge in [-0.3, -0.25) is 4.79 Å². The highest BCUT2D eigenvalue weighted by molar-refractivity contribution is 7.91. The van der Waals surface area contributed by atoms with Crippen LogP contribution < -0.4 is 0 Å². The van der Waals surface area contributed by atoms with E-state index in [2.05, 4.69) is 0 Å². The summed E-state index contributed by atoms with van der Waals surface area (Å²) in [5.74, 6) is 0.267. The van der Waals surface area contributed by atoms with Crippen molar-refractivity contribution < 1.29 is 17.9 Å². The van der Waals surface area contributed by atoms with Gasteiger partial charge in [0.05, 0.1) is 24.0 Å². The lowest BCUT2D eigenvalue weighted by molar-refractivity contribution is -0.140. The second-order valence-corrected chi connectivity index (χ2v) is 7.15. The van der Waals surface area contributed by atoms with Gasteiger partial charge in [-0.25, -0.2) is 8.42 Å². The maximum Gasteiger partial charge on any atom is 0.228 e. The summed E-state index contributed by atoms with van der Waals surface area (Å²) < 4.78 is 28.1. The van der Waals surface area contributed by atoms with Crippen LogP contribution in [0.15, 0.2) is 0 Å². The topological polar surface area (TPSA) is 63.7 Å². The molecule has 2 aliphatic rings. The zero-order valence-corrected chi connectivity index (χ0v) is 10.9. The van der Waals surface area contributed by atoms with Crippen molar-refractivity contribution in [3.63, 3.8) is 0 Å². The Bertz CT molecular complexity index is 386. The van der Waals surface area contributed by atoms with Crippen LogP contribution in [-0.4, -0.2) is 57.0 Å². The van der Waals surface area contributed by atoms with Crippen LogP contribution in [0, 0.1) is 5.92 Å². The fourth-order valence-electron chi connectivity index (χ4n) is 2.48. The molecule has 1 amide bonds. The summed E-state index contributed by atoms with van der Waals surface area (Å²) in [6, 6.07) is -0.144. The average Bonchev–Trinajstić information content (AvgIpc) is 2.69. The molecule has 2 heterocycles. The number of carbonyl (C=O) groups excluding carboxylic acids is 1. The van der Waals surface area contributed by atoms with E-state index in [1.54, 1.807) is 11.9 Å². The van der Waals surface area contributed by atoms with Gasteiger partial charge >= 0.3 is 0 Å². The summed E-state index contributed by atoms with van der Waals surface area (Å²) in [6.45, 7) is 1.20.